The van der Waals surface area contributed by atoms with E-state index in [1.54, 1.807) is 12.1 Å². The highest BCUT2D eigenvalue weighted by Gasteiger charge is 2.09. The van der Waals surface area contributed by atoms with Gasteiger partial charge in [-0.15, -0.1) is 0 Å². The second-order valence-electron chi connectivity index (χ2n) is 3.19. The fourth-order valence-electron chi connectivity index (χ4n) is 1.24. The van der Waals surface area contributed by atoms with Crippen LogP contribution in [0.5, 0.6) is 11.5 Å². The van der Waals surface area contributed by atoms with Crippen molar-refractivity contribution >= 4 is 23.8 Å². The summed E-state index contributed by atoms with van der Waals surface area (Å²) in [7, 11) is 1.52. The molecular formula is C11H14ClN3O3. The molecule has 0 radical (unpaired) electrons. The number of rotatable bonds is 5. The van der Waals surface area contributed by atoms with Crippen LogP contribution in [0.4, 0.5) is 4.79 Å². The number of nitrogens with zero attached hydrogens (tertiary/aromatic N) is 1. The van der Waals surface area contributed by atoms with Gasteiger partial charge in [0.25, 0.3) is 0 Å². The van der Waals surface area contributed by atoms with E-state index in [1.807, 2.05) is 6.92 Å². The molecule has 1 aromatic rings. The summed E-state index contributed by atoms with van der Waals surface area (Å²) in [4.78, 5) is 10.5. The molecule has 3 N–H and O–H groups in total. The fraction of sp³-hybridized carbons (Fsp3) is 0.273. The van der Waals surface area contributed by atoms with E-state index in [4.69, 9.17) is 26.8 Å². The van der Waals surface area contributed by atoms with Crippen molar-refractivity contribution < 1.29 is 14.3 Å². The first-order valence-corrected chi connectivity index (χ1v) is 5.55. The number of methoxy groups -OCH3 is 1. The predicted molar refractivity (Wildman–Crippen MR) is 69.5 cm³/mol. The molecule has 6 nitrogen and oxygen atoms in total. The van der Waals surface area contributed by atoms with Crippen LogP contribution in [0, 0.1) is 0 Å². The second kappa shape index (κ2) is 6.70. The Morgan fingerprint density at radius 2 is 2.28 bits per heavy atom. The van der Waals surface area contributed by atoms with Crippen molar-refractivity contribution in [3.05, 3.63) is 22.7 Å². The zero-order valence-corrected chi connectivity index (χ0v) is 10.8. The lowest BCUT2D eigenvalue weighted by Gasteiger charge is -2.10. The highest BCUT2D eigenvalue weighted by molar-refractivity contribution is 6.33. The Kier molecular flexibility index (Phi) is 5.26. The number of carbonyl (C=O) groups excluding carboxylic acids is 1. The van der Waals surface area contributed by atoms with Crippen LogP contribution in [0.1, 0.15) is 12.5 Å². The molecule has 0 heterocycles. The molecule has 0 aliphatic carbocycles. The number of benzene rings is 1. The lowest BCUT2D eigenvalue weighted by atomic mass is 10.2. The molecule has 0 bridgehead atoms. The number of amides is 2. The number of ether oxygens (including phenoxy) is 2. The van der Waals surface area contributed by atoms with Crippen LogP contribution in [0.2, 0.25) is 5.02 Å². The molecule has 0 atom stereocenters. The number of nitrogens with two attached hydrogens (primary N) is 1. The van der Waals surface area contributed by atoms with E-state index in [0.29, 0.717) is 28.7 Å². The van der Waals surface area contributed by atoms with Crippen LogP contribution in [-0.2, 0) is 0 Å². The van der Waals surface area contributed by atoms with E-state index < -0.39 is 6.03 Å². The zero-order chi connectivity index (χ0) is 13.5. The summed E-state index contributed by atoms with van der Waals surface area (Å²) in [5.41, 5.74) is 7.53. The third kappa shape index (κ3) is 3.81. The lowest BCUT2D eigenvalue weighted by Crippen LogP contribution is -2.24. The van der Waals surface area contributed by atoms with Gasteiger partial charge >= 0.3 is 6.03 Å². The third-order valence-electron chi connectivity index (χ3n) is 1.96. The van der Waals surface area contributed by atoms with Gasteiger partial charge in [-0.05, 0) is 13.0 Å². The summed E-state index contributed by atoms with van der Waals surface area (Å²) in [5.74, 6) is 1.08. The van der Waals surface area contributed by atoms with Crippen molar-refractivity contribution in [2.45, 2.75) is 6.92 Å². The maximum Gasteiger partial charge on any atom is 0.332 e. The highest BCUT2D eigenvalue weighted by atomic mass is 35.5. The number of nitrogens with one attached hydrogen (secondary N) is 1. The summed E-state index contributed by atoms with van der Waals surface area (Å²) >= 11 is 6.02. The number of hydrogen-bond donors (Lipinski definition) is 2. The van der Waals surface area contributed by atoms with Gasteiger partial charge in [-0.1, -0.05) is 11.6 Å². The molecule has 0 spiro atoms. The largest absolute Gasteiger partial charge is 0.493 e. The second-order valence-corrected chi connectivity index (χ2v) is 3.60. The minimum atomic E-state index is -0.749. The standard InChI is InChI=1S/C11H14ClN3O3/c1-3-18-10-4-7(6-14-15-11(13)16)8(12)5-9(10)17-2/h4-6H,3H2,1-2H3,(H3,13,15,16). The molecule has 7 heteroatoms. The molecule has 0 unspecified atom stereocenters. The van der Waals surface area contributed by atoms with Gasteiger partial charge in [-0.25, -0.2) is 10.2 Å². The number of hydrogen-bond acceptors (Lipinski definition) is 4. The van der Waals surface area contributed by atoms with Gasteiger partial charge in [0.15, 0.2) is 11.5 Å². The van der Waals surface area contributed by atoms with E-state index in [2.05, 4.69) is 10.5 Å². The van der Waals surface area contributed by atoms with Gasteiger partial charge < -0.3 is 15.2 Å². The topological polar surface area (TPSA) is 85.9 Å². The first-order chi connectivity index (χ1) is 8.58. The number of primary amides is 1. The average Bonchev–Trinajstić information content (AvgIpc) is 2.32. The Hall–Kier alpha value is -1.95. The summed E-state index contributed by atoms with van der Waals surface area (Å²) in [6.45, 7) is 2.35. The van der Waals surface area contributed by atoms with Crippen molar-refractivity contribution in [2.75, 3.05) is 13.7 Å². The summed E-state index contributed by atoms with van der Waals surface area (Å²) in [6.07, 6.45) is 1.37. The van der Waals surface area contributed by atoms with Crippen LogP contribution in [0.3, 0.4) is 0 Å². The highest BCUT2D eigenvalue weighted by Crippen LogP contribution is 2.32. The zero-order valence-electron chi connectivity index (χ0n) is 10.1. The van der Waals surface area contributed by atoms with Crippen LogP contribution < -0.4 is 20.6 Å². The molecule has 0 aliphatic rings. The minimum absolute atomic E-state index is 0.422. The maximum atomic E-state index is 10.5. The summed E-state index contributed by atoms with van der Waals surface area (Å²) in [5, 5.41) is 4.05. The summed E-state index contributed by atoms with van der Waals surface area (Å²) < 4.78 is 10.5. The molecular weight excluding hydrogens is 258 g/mol. The Balaban J connectivity index is 3.01. The smallest absolute Gasteiger partial charge is 0.332 e. The molecule has 0 saturated carbocycles. The van der Waals surface area contributed by atoms with Crippen molar-refractivity contribution in [2.24, 2.45) is 10.8 Å². The van der Waals surface area contributed by atoms with Crippen molar-refractivity contribution in [3.8, 4) is 11.5 Å². The maximum absolute atomic E-state index is 10.5. The van der Waals surface area contributed by atoms with Gasteiger partial charge in [-0.2, -0.15) is 5.10 Å². The monoisotopic (exact) mass is 271 g/mol. The molecule has 18 heavy (non-hydrogen) atoms. The van der Waals surface area contributed by atoms with Crippen LogP contribution >= 0.6 is 11.6 Å². The van der Waals surface area contributed by atoms with Crippen LogP contribution in [-0.4, -0.2) is 26.0 Å². The van der Waals surface area contributed by atoms with E-state index in [1.165, 1.54) is 13.3 Å². The minimum Gasteiger partial charge on any atom is -0.493 e. The first-order valence-electron chi connectivity index (χ1n) is 5.17. The summed E-state index contributed by atoms with van der Waals surface area (Å²) in [6, 6.07) is 2.52. The molecule has 1 rings (SSSR count). The number of hydrazone groups is 1. The van der Waals surface area contributed by atoms with Crippen LogP contribution in [0.15, 0.2) is 17.2 Å². The third-order valence-corrected chi connectivity index (χ3v) is 2.29. The van der Waals surface area contributed by atoms with Crippen molar-refractivity contribution in [3.63, 3.8) is 0 Å². The molecule has 0 aromatic heterocycles. The molecule has 0 aliphatic heterocycles. The van der Waals surface area contributed by atoms with Gasteiger partial charge in [0.05, 0.1) is 25.0 Å². The van der Waals surface area contributed by atoms with Gasteiger partial charge in [0, 0.05) is 11.6 Å². The molecule has 1 aromatic carbocycles. The Bertz CT molecular complexity index is 463. The number of urea groups is 1. The van der Waals surface area contributed by atoms with Crippen molar-refractivity contribution in [1.82, 2.24) is 5.43 Å². The number of carbonyl (C=O) groups is 1. The van der Waals surface area contributed by atoms with E-state index in [9.17, 15) is 4.79 Å². The van der Waals surface area contributed by atoms with Gasteiger partial charge in [-0.3, -0.25) is 0 Å². The van der Waals surface area contributed by atoms with E-state index in [-0.39, 0.29) is 0 Å². The van der Waals surface area contributed by atoms with E-state index in [0.717, 1.165) is 0 Å². The van der Waals surface area contributed by atoms with Crippen LogP contribution in [0.25, 0.3) is 0 Å². The SMILES string of the molecule is CCOc1cc(C=NNC(N)=O)c(Cl)cc1OC. The van der Waals surface area contributed by atoms with Gasteiger partial charge in [0.2, 0.25) is 0 Å². The number of halogens is 1. The average molecular weight is 272 g/mol. The lowest BCUT2D eigenvalue weighted by molar-refractivity contribution is 0.249. The Morgan fingerprint density at radius 3 is 2.83 bits per heavy atom. The first kappa shape index (κ1) is 14.1. The predicted octanol–water partition coefficient (Wildman–Crippen LogP) is 1.75. The normalized spacial score (nSPS) is 10.4. The Labute approximate surface area is 110 Å². The molecule has 2 amide bonds. The molecule has 98 valence electrons. The fourth-order valence-corrected chi connectivity index (χ4v) is 1.45. The van der Waals surface area contributed by atoms with Crippen molar-refractivity contribution in [1.29, 1.82) is 0 Å². The molecule has 0 fully saturated rings. The Morgan fingerprint density at radius 1 is 1.56 bits per heavy atom. The van der Waals surface area contributed by atoms with Gasteiger partial charge in [0.1, 0.15) is 0 Å². The quantitative estimate of drug-likeness (QED) is 0.632. The van der Waals surface area contributed by atoms with E-state index >= 15 is 0 Å². The molecule has 0 saturated heterocycles.